The van der Waals surface area contributed by atoms with Gasteiger partial charge in [0.1, 0.15) is 11.4 Å². The molecule has 1 unspecified atom stereocenters. The minimum absolute atomic E-state index is 0.0105. The Balaban J connectivity index is 1.91. The van der Waals surface area contributed by atoms with Crippen molar-refractivity contribution in [3.63, 3.8) is 0 Å². The lowest BCUT2D eigenvalue weighted by Gasteiger charge is -2.39. The van der Waals surface area contributed by atoms with E-state index in [2.05, 4.69) is 36.4 Å². The summed E-state index contributed by atoms with van der Waals surface area (Å²) < 4.78 is 6.48. The topological polar surface area (TPSA) is 35.2 Å². The number of ether oxygens (including phenoxy) is 1. The predicted molar refractivity (Wildman–Crippen MR) is 77.3 cm³/mol. The van der Waals surface area contributed by atoms with Crippen LogP contribution in [-0.2, 0) is 0 Å². The molecule has 2 aliphatic rings. The van der Waals surface area contributed by atoms with Gasteiger partial charge in [0.2, 0.25) is 0 Å². The van der Waals surface area contributed by atoms with Crippen molar-refractivity contribution in [1.82, 2.24) is 0 Å². The molecule has 0 bridgehead atoms. The summed E-state index contributed by atoms with van der Waals surface area (Å²) in [5, 5.41) is 2.45. The molecule has 2 aromatic rings. The largest absolute Gasteiger partial charge is 0.486 e. The fraction of sp³-hybridized carbons (Fsp3) is 0.412. The molecule has 98 valence electrons. The molecular formula is C17H19NO. The van der Waals surface area contributed by atoms with Crippen molar-refractivity contribution in [2.24, 2.45) is 5.73 Å². The molecule has 2 aromatic carbocycles. The van der Waals surface area contributed by atoms with Crippen LogP contribution in [-0.4, -0.2) is 5.60 Å². The van der Waals surface area contributed by atoms with Crippen LogP contribution in [0, 0.1) is 0 Å². The van der Waals surface area contributed by atoms with E-state index in [1.807, 2.05) is 0 Å². The summed E-state index contributed by atoms with van der Waals surface area (Å²) >= 11 is 0. The minimum atomic E-state index is 0.0105. The van der Waals surface area contributed by atoms with E-state index in [9.17, 15) is 0 Å². The predicted octanol–water partition coefficient (Wildman–Crippen LogP) is 3.93. The van der Waals surface area contributed by atoms with E-state index in [1.54, 1.807) is 0 Å². The van der Waals surface area contributed by atoms with Crippen molar-refractivity contribution < 1.29 is 4.74 Å². The van der Waals surface area contributed by atoms with E-state index < -0.39 is 0 Å². The van der Waals surface area contributed by atoms with Gasteiger partial charge in [-0.3, -0.25) is 0 Å². The van der Waals surface area contributed by atoms with Crippen LogP contribution in [0.2, 0.25) is 0 Å². The Bertz CT molecular complexity index is 628. The third-order valence-corrected chi connectivity index (χ3v) is 4.73. The zero-order valence-electron chi connectivity index (χ0n) is 11.1. The Labute approximate surface area is 113 Å². The number of hydrogen-bond donors (Lipinski definition) is 1. The van der Waals surface area contributed by atoms with Gasteiger partial charge in [-0.25, -0.2) is 0 Å². The molecule has 1 aliphatic carbocycles. The zero-order valence-corrected chi connectivity index (χ0v) is 11.1. The molecule has 0 saturated heterocycles. The van der Waals surface area contributed by atoms with Crippen molar-refractivity contribution in [1.29, 1.82) is 0 Å². The number of fused-ring (bicyclic) bond motifs is 3. The summed E-state index contributed by atoms with van der Waals surface area (Å²) in [6.07, 6.45) is 5.82. The fourth-order valence-electron chi connectivity index (χ4n) is 3.76. The van der Waals surface area contributed by atoms with Crippen LogP contribution in [0.3, 0.4) is 0 Å². The van der Waals surface area contributed by atoms with Gasteiger partial charge in [0, 0.05) is 23.4 Å². The molecule has 4 rings (SSSR count). The highest BCUT2D eigenvalue weighted by Crippen LogP contribution is 2.48. The summed E-state index contributed by atoms with van der Waals surface area (Å²) in [4.78, 5) is 0. The SMILES string of the molecule is NC1CC2(CCCC2)Oc2c1ccc1ccccc21. The molecule has 1 fully saturated rings. The van der Waals surface area contributed by atoms with E-state index in [0.717, 1.165) is 25.0 Å². The molecule has 1 spiro atoms. The number of hydrogen-bond acceptors (Lipinski definition) is 2. The second-order valence-corrected chi connectivity index (χ2v) is 6.01. The van der Waals surface area contributed by atoms with Gasteiger partial charge < -0.3 is 10.5 Å². The van der Waals surface area contributed by atoms with E-state index in [4.69, 9.17) is 10.5 Å². The van der Waals surface area contributed by atoms with Gasteiger partial charge in [-0.15, -0.1) is 0 Å². The second kappa shape index (κ2) is 3.97. The molecule has 1 heterocycles. The summed E-state index contributed by atoms with van der Waals surface area (Å²) in [6.45, 7) is 0. The van der Waals surface area contributed by atoms with Gasteiger partial charge in [-0.05, 0) is 31.1 Å². The van der Waals surface area contributed by atoms with E-state index in [0.29, 0.717) is 0 Å². The third kappa shape index (κ3) is 1.67. The van der Waals surface area contributed by atoms with Crippen molar-refractivity contribution in [3.05, 3.63) is 42.0 Å². The van der Waals surface area contributed by atoms with Gasteiger partial charge >= 0.3 is 0 Å². The van der Waals surface area contributed by atoms with Crippen LogP contribution in [0.4, 0.5) is 0 Å². The average molecular weight is 253 g/mol. The van der Waals surface area contributed by atoms with Gasteiger partial charge in [-0.1, -0.05) is 36.4 Å². The van der Waals surface area contributed by atoms with Gasteiger partial charge in [-0.2, -0.15) is 0 Å². The number of rotatable bonds is 0. The molecule has 1 aliphatic heterocycles. The van der Waals surface area contributed by atoms with E-state index in [-0.39, 0.29) is 11.6 Å². The Morgan fingerprint density at radius 3 is 2.68 bits per heavy atom. The molecule has 1 saturated carbocycles. The van der Waals surface area contributed by atoms with Gasteiger partial charge in [0.25, 0.3) is 0 Å². The molecule has 2 nitrogen and oxygen atoms in total. The molecule has 0 radical (unpaired) electrons. The van der Waals surface area contributed by atoms with Crippen LogP contribution in [0.1, 0.15) is 43.7 Å². The first kappa shape index (κ1) is 11.3. The first-order valence-corrected chi connectivity index (χ1v) is 7.24. The first-order valence-electron chi connectivity index (χ1n) is 7.24. The molecule has 2 N–H and O–H groups in total. The smallest absolute Gasteiger partial charge is 0.132 e. The number of benzene rings is 2. The highest BCUT2D eigenvalue weighted by atomic mass is 16.5. The maximum Gasteiger partial charge on any atom is 0.132 e. The van der Waals surface area contributed by atoms with Crippen LogP contribution in [0.25, 0.3) is 10.8 Å². The Hall–Kier alpha value is -1.54. The van der Waals surface area contributed by atoms with Crippen LogP contribution in [0.15, 0.2) is 36.4 Å². The van der Waals surface area contributed by atoms with Crippen LogP contribution in [0.5, 0.6) is 5.75 Å². The lowest BCUT2D eigenvalue weighted by atomic mass is 9.85. The lowest BCUT2D eigenvalue weighted by molar-refractivity contribution is 0.0445. The quantitative estimate of drug-likeness (QED) is 0.772. The molecule has 1 atom stereocenters. The fourth-order valence-corrected chi connectivity index (χ4v) is 3.76. The first-order chi connectivity index (χ1) is 9.27. The minimum Gasteiger partial charge on any atom is -0.486 e. The van der Waals surface area contributed by atoms with Crippen molar-refractivity contribution in [2.45, 2.75) is 43.7 Å². The maximum absolute atomic E-state index is 6.48. The van der Waals surface area contributed by atoms with Gasteiger partial charge in [0.15, 0.2) is 0 Å². The van der Waals surface area contributed by atoms with Crippen molar-refractivity contribution in [2.75, 3.05) is 0 Å². The summed E-state index contributed by atoms with van der Waals surface area (Å²) in [5.74, 6) is 1.04. The van der Waals surface area contributed by atoms with Crippen molar-refractivity contribution >= 4 is 10.8 Å². The van der Waals surface area contributed by atoms with Crippen LogP contribution < -0.4 is 10.5 Å². The highest BCUT2D eigenvalue weighted by molar-refractivity contribution is 5.90. The lowest BCUT2D eigenvalue weighted by Crippen LogP contribution is -2.40. The van der Waals surface area contributed by atoms with Crippen molar-refractivity contribution in [3.8, 4) is 5.75 Å². The van der Waals surface area contributed by atoms with Gasteiger partial charge in [0.05, 0.1) is 0 Å². The summed E-state index contributed by atoms with van der Waals surface area (Å²) in [6, 6.07) is 12.9. The standard InChI is InChI=1S/C17H19NO/c18-15-11-17(9-3-4-10-17)19-16-13-6-2-1-5-12(13)7-8-14(15)16/h1-2,5-8,15H,3-4,9-11,18H2. The maximum atomic E-state index is 6.48. The normalized spacial score (nSPS) is 24.4. The van der Waals surface area contributed by atoms with Crippen LogP contribution >= 0.6 is 0 Å². The van der Waals surface area contributed by atoms with E-state index >= 15 is 0 Å². The second-order valence-electron chi connectivity index (χ2n) is 6.01. The summed E-state index contributed by atoms with van der Waals surface area (Å²) in [7, 11) is 0. The monoisotopic (exact) mass is 253 g/mol. The Morgan fingerprint density at radius 1 is 1.05 bits per heavy atom. The highest BCUT2D eigenvalue weighted by Gasteiger charge is 2.42. The molecule has 0 amide bonds. The summed E-state index contributed by atoms with van der Waals surface area (Å²) in [5.41, 5.74) is 7.60. The molecule has 2 heteroatoms. The third-order valence-electron chi connectivity index (χ3n) is 4.73. The molecule has 19 heavy (non-hydrogen) atoms. The zero-order chi connectivity index (χ0) is 12.9. The molecular weight excluding hydrogens is 234 g/mol. The average Bonchev–Trinajstić information content (AvgIpc) is 2.86. The Kier molecular flexibility index (Phi) is 2.36. The molecule has 0 aromatic heterocycles. The van der Waals surface area contributed by atoms with E-state index in [1.165, 1.54) is 29.2 Å². The number of nitrogens with two attached hydrogens (primary N) is 1. The Morgan fingerprint density at radius 2 is 1.84 bits per heavy atom.